The van der Waals surface area contributed by atoms with Crippen LogP contribution < -0.4 is 19.1 Å². The first-order chi connectivity index (χ1) is 14.3. The Balaban J connectivity index is 1.51. The van der Waals surface area contributed by atoms with Gasteiger partial charge >= 0.3 is 0 Å². The number of benzene rings is 3. The zero-order chi connectivity index (χ0) is 19.4. The summed E-state index contributed by atoms with van der Waals surface area (Å²) in [6, 6.07) is 21.9. The third kappa shape index (κ3) is 2.24. The Morgan fingerprint density at radius 3 is 2.34 bits per heavy atom. The van der Waals surface area contributed by atoms with Crippen LogP contribution in [-0.4, -0.2) is 25.7 Å². The second kappa shape index (κ2) is 6.01. The minimum Gasteiger partial charge on any atom is -0.491 e. The minimum absolute atomic E-state index is 0.0398. The van der Waals surface area contributed by atoms with Crippen molar-refractivity contribution < 1.29 is 19.0 Å². The molecule has 1 amide bonds. The van der Waals surface area contributed by atoms with E-state index >= 15 is 0 Å². The molecular weight excluding hydrogens is 366 g/mol. The molecule has 0 saturated carbocycles. The van der Waals surface area contributed by atoms with Crippen molar-refractivity contribution in [3.63, 3.8) is 0 Å². The molecule has 3 aromatic carbocycles. The van der Waals surface area contributed by atoms with Crippen molar-refractivity contribution in [1.82, 2.24) is 0 Å². The highest BCUT2D eigenvalue weighted by molar-refractivity contribution is 6.11. The molecule has 0 N–H and O–H groups in total. The number of hydrogen-bond donors (Lipinski definition) is 0. The number of amides is 1. The lowest BCUT2D eigenvalue weighted by Gasteiger charge is -2.24. The Kier molecular flexibility index (Phi) is 3.42. The van der Waals surface area contributed by atoms with Crippen LogP contribution in [0.4, 0.5) is 5.69 Å². The summed E-state index contributed by atoms with van der Waals surface area (Å²) >= 11 is 0. The molecule has 5 heteroatoms. The molecule has 0 aliphatic carbocycles. The van der Waals surface area contributed by atoms with Crippen molar-refractivity contribution in [2.45, 2.75) is 12.0 Å². The summed E-state index contributed by atoms with van der Waals surface area (Å²) in [5.41, 5.74) is 3.02. The highest BCUT2D eigenvalue weighted by Crippen LogP contribution is 2.54. The minimum atomic E-state index is -0.851. The highest BCUT2D eigenvalue weighted by Gasteiger charge is 2.57. The predicted molar refractivity (Wildman–Crippen MR) is 108 cm³/mol. The molecular formula is C24H19NO4. The van der Waals surface area contributed by atoms with E-state index in [4.69, 9.17) is 14.2 Å². The summed E-state index contributed by atoms with van der Waals surface area (Å²) in [5.74, 6) is 2.08. The fourth-order valence-corrected chi connectivity index (χ4v) is 4.63. The average molecular weight is 385 g/mol. The summed E-state index contributed by atoms with van der Waals surface area (Å²) in [4.78, 5) is 15.8. The van der Waals surface area contributed by atoms with E-state index < -0.39 is 5.41 Å². The van der Waals surface area contributed by atoms with E-state index in [0.29, 0.717) is 37.0 Å². The van der Waals surface area contributed by atoms with E-state index in [0.717, 1.165) is 22.4 Å². The number of nitrogens with zero attached hydrogens (tertiary/aromatic N) is 1. The normalized spacial score (nSPS) is 21.1. The van der Waals surface area contributed by atoms with E-state index in [1.165, 1.54) is 0 Å². The summed E-state index contributed by atoms with van der Waals surface area (Å²) in [7, 11) is 0. The first-order valence-corrected chi connectivity index (χ1v) is 9.80. The molecule has 144 valence electrons. The summed E-state index contributed by atoms with van der Waals surface area (Å²) in [5, 5.41) is 0. The zero-order valence-electron chi connectivity index (χ0n) is 15.8. The molecule has 0 radical (unpaired) electrons. The van der Waals surface area contributed by atoms with E-state index in [-0.39, 0.29) is 12.5 Å². The van der Waals surface area contributed by atoms with Crippen molar-refractivity contribution in [1.29, 1.82) is 0 Å². The quantitative estimate of drug-likeness (QED) is 0.675. The molecule has 5 nitrogen and oxygen atoms in total. The second-order valence-electron chi connectivity index (χ2n) is 7.58. The van der Waals surface area contributed by atoms with Gasteiger partial charge in [0.25, 0.3) is 0 Å². The lowest BCUT2D eigenvalue weighted by molar-refractivity contribution is -0.122. The smallest absolute Gasteiger partial charge is 0.246 e. The number of ether oxygens (including phenoxy) is 3. The standard InChI is InChI=1S/C24H19NO4/c26-23-24(15-29-20-13-22-21(12-18(20)24)27-10-11-28-22)17-8-4-5-9-19(17)25(23)14-16-6-2-1-3-7-16/h1-9,12-13H,10-11,14-15H2. The van der Waals surface area contributed by atoms with Gasteiger partial charge in [0, 0.05) is 17.3 Å². The van der Waals surface area contributed by atoms with Crippen LogP contribution in [0.15, 0.2) is 66.7 Å². The van der Waals surface area contributed by atoms with Crippen molar-refractivity contribution in [3.8, 4) is 17.2 Å². The molecule has 3 aliphatic heterocycles. The number of fused-ring (bicyclic) bond motifs is 5. The van der Waals surface area contributed by atoms with Crippen LogP contribution in [0.3, 0.4) is 0 Å². The average Bonchev–Trinajstić information content (AvgIpc) is 3.25. The lowest BCUT2D eigenvalue weighted by Crippen LogP contribution is -2.42. The molecule has 0 fully saturated rings. The summed E-state index contributed by atoms with van der Waals surface area (Å²) in [6.45, 7) is 1.83. The number of rotatable bonds is 2. The zero-order valence-corrected chi connectivity index (χ0v) is 15.8. The molecule has 29 heavy (non-hydrogen) atoms. The number of hydrogen-bond acceptors (Lipinski definition) is 4. The number of carbonyl (C=O) groups excluding carboxylic acids is 1. The molecule has 0 saturated heterocycles. The van der Waals surface area contributed by atoms with Crippen molar-refractivity contribution in [2.75, 3.05) is 24.7 Å². The van der Waals surface area contributed by atoms with Gasteiger partial charge in [0.15, 0.2) is 11.5 Å². The molecule has 0 aromatic heterocycles. The first-order valence-electron chi connectivity index (χ1n) is 9.80. The highest BCUT2D eigenvalue weighted by atomic mass is 16.6. The molecule has 3 aromatic rings. The Hall–Kier alpha value is -3.47. The molecule has 0 bridgehead atoms. The first kappa shape index (κ1) is 16.5. The topological polar surface area (TPSA) is 48.0 Å². The van der Waals surface area contributed by atoms with Gasteiger partial charge < -0.3 is 19.1 Å². The van der Waals surface area contributed by atoms with Crippen LogP contribution in [0.1, 0.15) is 16.7 Å². The monoisotopic (exact) mass is 385 g/mol. The van der Waals surface area contributed by atoms with Crippen LogP contribution in [0.2, 0.25) is 0 Å². The maximum Gasteiger partial charge on any atom is 0.246 e. The molecule has 1 atom stereocenters. The van der Waals surface area contributed by atoms with Gasteiger partial charge in [-0.1, -0.05) is 48.5 Å². The molecule has 6 rings (SSSR count). The number of carbonyl (C=O) groups is 1. The predicted octanol–water partition coefficient (Wildman–Crippen LogP) is 3.68. The van der Waals surface area contributed by atoms with E-state index in [1.54, 1.807) is 0 Å². The van der Waals surface area contributed by atoms with Gasteiger partial charge in [0.1, 0.15) is 31.0 Å². The number of anilines is 1. The van der Waals surface area contributed by atoms with Gasteiger partial charge in [-0.2, -0.15) is 0 Å². The van der Waals surface area contributed by atoms with Gasteiger partial charge in [0.2, 0.25) is 5.91 Å². The van der Waals surface area contributed by atoms with Gasteiger partial charge in [0.05, 0.1) is 6.54 Å². The Morgan fingerprint density at radius 1 is 0.793 bits per heavy atom. The third-order valence-corrected chi connectivity index (χ3v) is 6.00. The van der Waals surface area contributed by atoms with Gasteiger partial charge in [-0.05, 0) is 23.3 Å². The van der Waals surface area contributed by atoms with Crippen LogP contribution in [-0.2, 0) is 16.8 Å². The van der Waals surface area contributed by atoms with Crippen LogP contribution in [0, 0.1) is 0 Å². The number of para-hydroxylation sites is 1. The fraction of sp³-hybridized carbons (Fsp3) is 0.208. The van der Waals surface area contributed by atoms with Crippen LogP contribution in [0.25, 0.3) is 0 Å². The van der Waals surface area contributed by atoms with Crippen LogP contribution >= 0.6 is 0 Å². The molecule has 1 unspecified atom stereocenters. The largest absolute Gasteiger partial charge is 0.491 e. The van der Waals surface area contributed by atoms with E-state index in [9.17, 15) is 4.79 Å². The second-order valence-corrected chi connectivity index (χ2v) is 7.58. The molecule has 1 spiro atoms. The van der Waals surface area contributed by atoms with Gasteiger partial charge in [-0.25, -0.2) is 0 Å². The maximum atomic E-state index is 13.9. The fourth-order valence-electron chi connectivity index (χ4n) is 4.63. The SMILES string of the molecule is O=C1N(Cc2ccccc2)c2ccccc2C12COc1cc3c(cc12)OCCO3. The Labute approximate surface area is 168 Å². The van der Waals surface area contributed by atoms with E-state index in [1.807, 2.05) is 71.6 Å². The maximum absolute atomic E-state index is 13.9. The Morgan fingerprint density at radius 2 is 1.52 bits per heavy atom. The molecule has 3 aliphatic rings. The third-order valence-electron chi connectivity index (χ3n) is 6.00. The lowest BCUT2D eigenvalue weighted by atomic mass is 9.77. The molecule has 3 heterocycles. The van der Waals surface area contributed by atoms with Gasteiger partial charge in [-0.3, -0.25) is 4.79 Å². The van der Waals surface area contributed by atoms with Crippen molar-refractivity contribution in [2.24, 2.45) is 0 Å². The van der Waals surface area contributed by atoms with Gasteiger partial charge in [-0.15, -0.1) is 0 Å². The van der Waals surface area contributed by atoms with Crippen LogP contribution in [0.5, 0.6) is 17.2 Å². The Bertz CT molecular complexity index is 1130. The summed E-state index contributed by atoms with van der Waals surface area (Å²) in [6.07, 6.45) is 0. The van der Waals surface area contributed by atoms with E-state index in [2.05, 4.69) is 0 Å². The van der Waals surface area contributed by atoms with Crippen molar-refractivity contribution in [3.05, 3.63) is 83.4 Å². The summed E-state index contributed by atoms with van der Waals surface area (Å²) < 4.78 is 17.5. The van der Waals surface area contributed by atoms with Crippen molar-refractivity contribution >= 4 is 11.6 Å².